The number of nitrogens with one attached hydrogen (secondary N) is 1. The highest BCUT2D eigenvalue weighted by Gasteiger charge is 2.54. The van der Waals surface area contributed by atoms with Crippen LogP contribution in [0.3, 0.4) is 0 Å². The summed E-state index contributed by atoms with van der Waals surface area (Å²) in [5, 5.41) is 33.3. The van der Waals surface area contributed by atoms with E-state index in [9.17, 15) is 29.1 Å². The molecule has 2 aliphatic rings. The van der Waals surface area contributed by atoms with Gasteiger partial charge in [0, 0.05) is 11.5 Å². The van der Waals surface area contributed by atoms with E-state index in [0.717, 1.165) is 38.7 Å². The molecule has 0 saturated carbocycles. The van der Waals surface area contributed by atoms with Crippen LogP contribution in [0.25, 0.3) is 5.65 Å². The molecule has 3 aromatic heterocycles. The van der Waals surface area contributed by atoms with Crippen molar-refractivity contribution in [3.8, 4) is 0 Å². The number of oxime groups is 1. The summed E-state index contributed by atoms with van der Waals surface area (Å²) in [5.74, 6) is -3.26. The van der Waals surface area contributed by atoms with E-state index in [0.29, 0.717) is 17.2 Å². The van der Waals surface area contributed by atoms with Gasteiger partial charge in [-0.3, -0.25) is 19.3 Å². The van der Waals surface area contributed by atoms with Gasteiger partial charge in [-0.1, -0.05) is 18.5 Å². The van der Waals surface area contributed by atoms with Gasteiger partial charge in [-0.05, 0) is 36.3 Å². The van der Waals surface area contributed by atoms with E-state index in [-0.39, 0.29) is 34.3 Å². The molecule has 3 aromatic rings. The van der Waals surface area contributed by atoms with Crippen LogP contribution in [0.15, 0.2) is 61.2 Å². The van der Waals surface area contributed by atoms with Gasteiger partial charge in [-0.15, -0.1) is 28.6 Å². The Bertz CT molecular complexity index is 1700. The number of rotatable bonds is 13. The Morgan fingerprint density at radius 2 is 2.05 bits per heavy atom. The average molecular weight is 632 g/mol. The minimum atomic E-state index is -1.30. The number of carbonyl (C=O) groups excluding carboxylic acids is 2. The second kappa shape index (κ2) is 12.7. The summed E-state index contributed by atoms with van der Waals surface area (Å²) >= 11 is 2.44. The van der Waals surface area contributed by atoms with Gasteiger partial charge in [0.15, 0.2) is 11.4 Å². The van der Waals surface area contributed by atoms with Crippen molar-refractivity contribution in [2.75, 3.05) is 18.1 Å². The molecule has 5 heterocycles. The Morgan fingerprint density at radius 3 is 2.74 bits per heavy atom. The summed E-state index contributed by atoms with van der Waals surface area (Å²) in [7, 11) is 0. The van der Waals surface area contributed by atoms with Crippen molar-refractivity contribution in [1.29, 1.82) is 0 Å². The molecule has 0 aromatic carbocycles. The lowest BCUT2D eigenvalue weighted by Crippen LogP contribution is -2.71. The number of amides is 2. The molecule has 2 atom stereocenters. The predicted molar refractivity (Wildman–Crippen MR) is 151 cm³/mol. The number of carboxylic acids is 2. The molecule has 1 saturated heterocycles. The van der Waals surface area contributed by atoms with E-state index in [1.54, 1.807) is 12.1 Å². The number of unbranched alkanes of at least 4 members (excludes halogenated alkanes) is 1. The highest BCUT2D eigenvalue weighted by atomic mass is 32.2. The van der Waals surface area contributed by atoms with Crippen molar-refractivity contribution in [1.82, 2.24) is 29.6 Å². The van der Waals surface area contributed by atoms with Crippen LogP contribution < -0.4 is 11.0 Å². The number of thioether (sulfide) groups is 2. The Labute approximate surface area is 250 Å². The fourth-order valence-electron chi connectivity index (χ4n) is 4.30. The van der Waals surface area contributed by atoms with Crippen LogP contribution >= 0.6 is 23.5 Å². The van der Waals surface area contributed by atoms with E-state index in [4.69, 9.17) is 14.4 Å². The summed E-state index contributed by atoms with van der Waals surface area (Å²) in [5.41, 5.74) is -0.439. The zero-order chi connectivity index (χ0) is 30.7. The van der Waals surface area contributed by atoms with E-state index >= 15 is 0 Å². The third-order valence-corrected chi connectivity index (χ3v) is 8.69. The Balaban J connectivity index is 1.29. The maximum Gasteiger partial charge on any atom is 0.367 e. The molecule has 0 aliphatic carbocycles. The first kappa shape index (κ1) is 29.9. The first-order valence-electron chi connectivity index (χ1n) is 13.0. The van der Waals surface area contributed by atoms with Crippen molar-refractivity contribution in [3.05, 3.63) is 58.0 Å². The van der Waals surface area contributed by atoms with Crippen LogP contribution in [0.5, 0.6) is 0 Å². The van der Waals surface area contributed by atoms with Gasteiger partial charge < -0.3 is 24.8 Å². The van der Waals surface area contributed by atoms with E-state index < -0.39 is 47.4 Å². The summed E-state index contributed by atoms with van der Waals surface area (Å²) in [6, 6.07) is 5.19. The van der Waals surface area contributed by atoms with Crippen molar-refractivity contribution >= 4 is 58.6 Å². The third-order valence-electron chi connectivity index (χ3n) is 6.35. The van der Waals surface area contributed by atoms with Crippen LogP contribution in [0.2, 0.25) is 0 Å². The number of furan rings is 1. The smallest absolute Gasteiger partial charge is 0.367 e. The molecule has 0 radical (unpaired) electrons. The second-order valence-corrected chi connectivity index (χ2v) is 11.4. The van der Waals surface area contributed by atoms with E-state index in [2.05, 4.69) is 20.7 Å². The van der Waals surface area contributed by atoms with Gasteiger partial charge in [0.25, 0.3) is 11.8 Å². The molecule has 0 bridgehead atoms. The molecule has 18 heteroatoms. The summed E-state index contributed by atoms with van der Waals surface area (Å²) in [4.78, 5) is 68.3. The van der Waals surface area contributed by atoms with Crippen LogP contribution in [0.4, 0.5) is 0 Å². The molecule has 1 fully saturated rings. The number of carboxylic acid groups (broad SMARTS) is 2. The first-order chi connectivity index (χ1) is 20.7. The number of hydrogen-bond acceptors (Lipinski definition) is 12. The number of aromatic nitrogens is 4. The largest absolute Gasteiger partial charge is 0.480 e. The monoisotopic (exact) mass is 631 g/mol. The number of β-lactam (4-membered cyclic amide) rings is 1. The lowest BCUT2D eigenvalue weighted by atomic mass is 10.0. The molecule has 5 rings (SSSR count). The molecule has 16 nitrogen and oxygen atoms in total. The number of fused-ring (bicyclic) bond motifs is 2. The lowest BCUT2D eigenvalue weighted by molar-refractivity contribution is -0.150. The molecule has 2 amide bonds. The van der Waals surface area contributed by atoms with Crippen molar-refractivity contribution < 1.29 is 38.6 Å². The maximum atomic E-state index is 13.1. The fraction of sp³-hybridized carbons (Fsp3) is 0.360. The van der Waals surface area contributed by atoms with Crippen LogP contribution in [0.1, 0.15) is 25.5 Å². The minimum Gasteiger partial charge on any atom is -0.480 e. The van der Waals surface area contributed by atoms with Gasteiger partial charge in [-0.2, -0.15) is 14.3 Å². The Hall–Kier alpha value is -4.58. The minimum absolute atomic E-state index is 0.142. The van der Waals surface area contributed by atoms with Gasteiger partial charge in [-0.25, -0.2) is 9.59 Å². The topological polar surface area (TPSA) is 211 Å². The van der Waals surface area contributed by atoms with Gasteiger partial charge in [0.1, 0.15) is 35.3 Å². The van der Waals surface area contributed by atoms with Gasteiger partial charge in [0.2, 0.25) is 5.71 Å². The van der Waals surface area contributed by atoms with Crippen molar-refractivity contribution in [3.63, 3.8) is 0 Å². The standard InChI is InChI=1S/C25H25N7O9S2/c1-2-3-9-41-29-18(14-5-4-8-40-14)21(35)26-19-22(36)31-20(24(37)38)13(12-43-23(19)31)11-42-16-7-6-15-27-30(10-17(33)34)25(39)32(15)28-16/h4-8,19,23H,2-3,9-12H2,1H3,(H,26,35)(H,33,34)(H,37,38)/t19?,23-/m0/s1. The van der Waals surface area contributed by atoms with Crippen LogP contribution in [-0.4, -0.2) is 93.5 Å². The zero-order valence-corrected chi connectivity index (χ0v) is 24.2. The molecule has 3 N–H and O–H groups in total. The zero-order valence-electron chi connectivity index (χ0n) is 22.5. The first-order valence-corrected chi connectivity index (χ1v) is 15.0. The fourth-order valence-corrected chi connectivity index (χ4v) is 6.64. The number of hydrogen-bond donors (Lipinski definition) is 3. The molecule has 1 unspecified atom stereocenters. The van der Waals surface area contributed by atoms with Crippen LogP contribution in [0, 0.1) is 0 Å². The maximum absolute atomic E-state index is 13.1. The highest BCUT2D eigenvalue weighted by Crippen LogP contribution is 2.41. The number of carbonyl (C=O) groups is 4. The Morgan fingerprint density at radius 1 is 1.23 bits per heavy atom. The second-order valence-electron chi connectivity index (χ2n) is 9.29. The summed E-state index contributed by atoms with van der Waals surface area (Å²) < 4.78 is 7.04. The van der Waals surface area contributed by atoms with E-state index in [1.165, 1.54) is 30.2 Å². The quantitative estimate of drug-likeness (QED) is 0.0777. The molecular weight excluding hydrogens is 606 g/mol. The SMILES string of the molecule is CCCCON=C(C(=O)NC1C(=O)N2C(C(=O)O)=C(CSc3ccc4nn(CC(=O)O)c(=O)n4n3)CS[C@@H]12)c1ccco1. The summed E-state index contributed by atoms with van der Waals surface area (Å²) in [6.07, 6.45) is 2.98. The normalized spacial score (nSPS) is 18.4. The molecule has 226 valence electrons. The molecule has 2 aliphatic heterocycles. The summed E-state index contributed by atoms with van der Waals surface area (Å²) in [6.45, 7) is 1.66. The van der Waals surface area contributed by atoms with E-state index in [1.807, 2.05) is 6.92 Å². The molecule has 0 spiro atoms. The number of aliphatic carboxylic acids is 2. The molecule has 43 heavy (non-hydrogen) atoms. The highest BCUT2D eigenvalue weighted by molar-refractivity contribution is 8.01. The molecular formula is C25H25N7O9S2. The average Bonchev–Trinajstić information content (AvgIpc) is 3.62. The third kappa shape index (κ3) is 6.14. The van der Waals surface area contributed by atoms with Crippen molar-refractivity contribution in [2.45, 2.75) is 42.8 Å². The lowest BCUT2D eigenvalue weighted by Gasteiger charge is -2.49. The van der Waals surface area contributed by atoms with Crippen molar-refractivity contribution in [2.24, 2.45) is 5.16 Å². The van der Waals surface area contributed by atoms with Crippen LogP contribution in [-0.2, 0) is 30.6 Å². The van der Waals surface area contributed by atoms with Gasteiger partial charge in [0.05, 0.1) is 6.26 Å². The number of nitrogens with zero attached hydrogens (tertiary/aromatic N) is 6. The Kier molecular flexibility index (Phi) is 8.86. The van der Waals surface area contributed by atoms with Gasteiger partial charge >= 0.3 is 17.6 Å². The predicted octanol–water partition coefficient (Wildman–Crippen LogP) is 0.620.